The van der Waals surface area contributed by atoms with Gasteiger partial charge in [-0.25, -0.2) is 0 Å². The fraction of sp³-hybridized carbons (Fsp3) is 0.167. The molecule has 4 heteroatoms. The summed E-state index contributed by atoms with van der Waals surface area (Å²) in [5, 5.41) is 0. The van der Waals surface area contributed by atoms with Crippen LogP contribution in [0.25, 0.3) is 0 Å². The van der Waals surface area contributed by atoms with Crippen molar-refractivity contribution in [1.29, 1.82) is 0 Å². The van der Waals surface area contributed by atoms with E-state index in [1.54, 1.807) is 0 Å². The maximum absolute atomic E-state index is 9.94. The lowest BCUT2D eigenvalue weighted by Gasteiger charge is -1.85. The fourth-order valence-corrected chi connectivity index (χ4v) is 2.51. The number of carbonyl (C=O) groups excluding carboxylic acids is 1. The summed E-state index contributed by atoms with van der Waals surface area (Å²) in [6.45, 7) is 0. The molecule has 1 aromatic heterocycles. The molecule has 0 fully saturated rings. The summed E-state index contributed by atoms with van der Waals surface area (Å²) in [5.41, 5.74) is 0. The minimum atomic E-state index is 0.511. The molecule has 1 rings (SSSR count). The van der Waals surface area contributed by atoms with Crippen molar-refractivity contribution in [2.45, 2.75) is 4.21 Å². The summed E-state index contributed by atoms with van der Waals surface area (Å²) in [6, 6.07) is 3.75. The molecule has 0 unspecified atom stereocenters. The molecule has 54 valence electrons. The van der Waals surface area contributed by atoms with Crippen molar-refractivity contribution in [2.75, 3.05) is 5.75 Å². The second-order valence-corrected chi connectivity index (χ2v) is 4.57. The first-order valence-corrected chi connectivity index (χ1v) is 4.82. The van der Waals surface area contributed by atoms with Crippen LogP contribution in [0.1, 0.15) is 0 Å². The van der Waals surface area contributed by atoms with Crippen LogP contribution in [0.15, 0.2) is 16.3 Å². The highest BCUT2D eigenvalue weighted by Crippen LogP contribution is 2.29. The normalized spacial score (nSPS) is 9.70. The van der Waals surface area contributed by atoms with Crippen LogP contribution in [0.2, 0.25) is 4.34 Å². The zero-order valence-corrected chi connectivity index (χ0v) is 7.43. The van der Waals surface area contributed by atoms with Crippen molar-refractivity contribution in [3.05, 3.63) is 16.5 Å². The average Bonchev–Trinajstić information content (AvgIpc) is 2.31. The van der Waals surface area contributed by atoms with Gasteiger partial charge in [0, 0.05) is 0 Å². The third-order valence-electron chi connectivity index (χ3n) is 0.842. The van der Waals surface area contributed by atoms with Gasteiger partial charge in [0.05, 0.1) is 14.3 Å². The van der Waals surface area contributed by atoms with Crippen molar-refractivity contribution >= 4 is 41.0 Å². The first kappa shape index (κ1) is 8.11. The Morgan fingerprint density at radius 1 is 1.70 bits per heavy atom. The van der Waals surface area contributed by atoms with Crippen LogP contribution in [0, 0.1) is 0 Å². The minimum absolute atomic E-state index is 0.511. The maximum atomic E-state index is 9.94. The first-order chi connectivity index (χ1) is 4.83. The van der Waals surface area contributed by atoms with E-state index in [1.807, 2.05) is 12.1 Å². The van der Waals surface area contributed by atoms with Gasteiger partial charge in [-0.2, -0.15) is 0 Å². The van der Waals surface area contributed by atoms with E-state index in [0.29, 0.717) is 5.75 Å². The summed E-state index contributed by atoms with van der Waals surface area (Å²) >= 11 is 8.66. The van der Waals surface area contributed by atoms with Gasteiger partial charge in [-0.1, -0.05) is 11.6 Å². The SMILES string of the molecule is O=CCSc1ccc(Cl)s1. The largest absolute Gasteiger partial charge is 0.302 e. The van der Waals surface area contributed by atoms with Gasteiger partial charge < -0.3 is 4.79 Å². The summed E-state index contributed by atoms with van der Waals surface area (Å²) < 4.78 is 1.87. The Kier molecular flexibility index (Phi) is 3.25. The molecule has 0 amide bonds. The molecule has 1 heterocycles. The average molecular weight is 193 g/mol. The Morgan fingerprint density at radius 2 is 2.50 bits per heavy atom. The van der Waals surface area contributed by atoms with E-state index in [-0.39, 0.29) is 0 Å². The molecule has 0 aromatic carbocycles. The van der Waals surface area contributed by atoms with Crippen molar-refractivity contribution in [2.24, 2.45) is 0 Å². The Balaban J connectivity index is 2.49. The molecular formula is C6H5ClOS2. The highest BCUT2D eigenvalue weighted by atomic mass is 35.5. The topological polar surface area (TPSA) is 17.1 Å². The molecule has 0 atom stereocenters. The molecule has 1 nitrogen and oxygen atoms in total. The van der Waals surface area contributed by atoms with Crippen molar-refractivity contribution in [1.82, 2.24) is 0 Å². The number of hydrogen-bond donors (Lipinski definition) is 0. The quantitative estimate of drug-likeness (QED) is 0.541. The number of hydrogen-bond acceptors (Lipinski definition) is 3. The number of carbonyl (C=O) groups is 1. The molecule has 0 saturated carbocycles. The smallest absolute Gasteiger partial charge is 0.130 e. The van der Waals surface area contributed by atoms with Gasteiger partial charge in [-0.05, 0) is 12.1 Å². The van der Waals surface area contributed by atoms with Crippen molar-refractivity contribution in [3.63, 3.8) is 0 Å². The Labute approximate surface area is 72.4 Å². The minimum Gasteiger partial charge on any atom is -0.302 e. The van der Waals surface area contributed by atoms with Gasteiger partial charge in [0.2, 0.25) is 0 Å². The van der Waals surface area contributed by atoms with Gasteiger partial charge >= 0.3 is 0 Å². The zero-order chi connectivity index (χ0) is 7.40. The number of thioether (sulfide) groups is 1. The van der Waals surface area contributed by atoms with Crippen LogP contribution in [0.5, 0.6) is 0 Å². The van der Waals surface area contributed by atoms with Crippen LogP contribution < -0.4 is 0 Å². The summed E-state index contributed by atoms with van der Waals surface area (Å²) in [6.07, 6.45) is 0.887. The van der Waals surface area contributed by atoms with Gasteiger partial charge in [0.25, 0.3) is 0 Å². The Bertz CT molecular complexity index is 221. The summed E-state index contributed by atoms with van der Waals surface area (Å²) in [5.74, 6) is 0.511. The van der Waals surface area contributed by atoms with Gasteiger partial charge in [0.15, 0.2) is 0 Å². The Hall–Kier alpha value is 0.01000. The van der Waals surface area contributed by atoms with Crippen molar-refractivity contribution < 1.29 is 4.79 Å². The van der Waals surface area contributed by atoms with Crippen molar-refractivity contribution in [3.8, 4) is 0 Å². The molecule has 10 heavy (non-hydrogen) atoms. The van der Waals surface area contributed by atoms with Crippen LogP contribution in [-0.4, -0.2) is 12.0 Å². The van der Waals surface area contributed by atoms with Gasteiger partial charge in [-0.15, -0.1) is 23.1 Å². The standard InChI is InChI=1S/C6H5ClOS2/c7-5-1-2-6(10-5)9-4-3-8/h1-3H,4H2. The van der Waals surface area contributed by atoms with Gasteiger partial charge in [0.1, 0.15) is 6.29 Å². The van der Waals surface area contributed by atoms with Crippen LogP contribution in [0.3, 0.4) is 0 Å². The number of rotatable bonds is 3. The lowest BCUT2D eigenvalue weighted by molar-refractivity contribution is -0.105. The predicted molar refractivity (Wildman–Crippen MR) is 46.1 cm³/mol. The second kappa shape index (κ2) is 4.01. The molecule has 0 saturated heterocycles. The molecule has 0 N–H and O–H groups in total. The molecule has 1 aromatic rings. The molecule has 0 spiro atoms. The van der Waals surface area contributed by atoms with E-state index in [9.17, 15) is 4.79 Å². The van der Waals surface area contributed by atoms with Crippen LogP contribution in [-0.2, 0) is 4.79 Å². The molecule has 0 aliphatic heterocycles. The van der Waals surface area contributed by atoms with E-state index in [2.05, 4.69) is 0 Å². The van der Waals surface area contributed by atoms with E-state index < -0.39 is 0 Å². The molecule has 0 bridgehead atoms. The Morgan fingerprint density at radius 3 is 3.00 bits per heavy atom. The lowest BCUT2D eigenvalue weighted by Crippen LogP contribution is -1.73. The van der Waals surface area contributed by atoms with Crippen LogP contribution >= 0.6 is 34.7 Å². The summed E-state index contributed by atoms with van der Waals surface area (Å²) in [7, 11) is 0. The first-order valence-electron chi connectivity index (χ1n) is 2.64. The van der Waals surface area contributed by atoms with Gasteiger partial charge in [-0.3, -0.25) is 0 Å². The number of halogens is 1. The highest BCUT2D eigenvalue weighted by Gasteiger charge is 1.96. The predicted octanol–water partition coefficient (Wildman–Crippen LogP) is 2.69. The monoisotopic (exact) mass is 192 g/mol. The lowest BCUT2D eigenvalue weighted by atomic mass is 10.7. The second-order valence-electron chi connectivity index (χ2n) is 1.54. The highest BCUT2D eigenvalue weighted by molar-refractivity contribution is 8.01. The summed E-state index contributed by atoms with van der Waals surface area (Å²) in [4.78, 5) is 9.94. The molecule has 0 radical (unpaired) electrons. The van der Waals surface area contributed by atoms with E-state index in [0.717, 1.165) is 14.8 Å². The number of aldehydes is 1. The molecule has 0 aliphatic carbocycles. The molecular weight excluding hydrogens is 188 g/mol. The third kappa shape index (κ3) is 2.33. The fourth-order valence-electron chi connectivity index (χ4n) is 0.491. The number of thiophene rings is 1. The molecule has 0 aliphatic rings. The van der Waals surface area contributed by atoms with E-state index in [4.69, 9.17) is 11.6 Å². The zero-order valence-electron chi connectivity index (χ0n) is 5.04. The van der Waals surface area contributed by atoms with E-state index in [1.165, 1.54) is 23.1 Å². The third-order valence-corrected chi connectivity index (χ3v) is 3.19. The maximum Gasteiger partial charge on any atom is 0.130 e. The van der Waals surface area contributed by atoms with E-state index >= 15 is 0 Å². The van der Waals surface area contributed by atoms with Crippen LogP contribution in [0.4, 0.5) is 0 Å².